The maximum absolute atomic E-state index is 8.65. The number of hydrogen-bond donors (Lipinski definition) is 2. The molecule has 1 rings (SSSR count). The molecule has 2 nitrogen and oxygen atoms in total. The van der Waals surface area contributed by atoms with Crippen molar-refractivity contribution in [3.8, 4) is 11.5 Å². The van der Waals surface area contributed by atoms with E-state index in [4.69, 9.17) is 10.2 Å². The second-order valence-electron chi connectivity index (χ2n) is 1.52. The normalized spacial score (nSPS) is 8.00. The van der Waals surface area contributed by atoms with E-state index in [1.54, 1.807) is 0 Å². The molecular formula is C6H8O2Sr. The van der Waals surface area contributed by atoms with Crippen molar-refractivity contribution in [1.29, 1.82) is 0 Å². The van der Waals surface area contributed by atoms with Crippen LogP contribution in [0.4, 0.5) is 0 Å². The fourth-order valence-corrected chi connectivity index (χ4v) is 0.453. The van der Waals surface area contributed by atoms with Gasteiger partial charge in [-0.1, -0.05) is 0 Å². The van der Waals surface area contributed by atoms with Crippen molar-refractivity contribution >= 4 is 45.5 Å². The first-order valence-electron chi connectivity index (χ1n) is 2.27. The third-order valence-corrected chi connectivity index (χ3v) is 0.850. The Bertz CT molecular complexity index is 157. The van der Waals surface area contributed by atoms with Crippen molar-refractivity contribution in [2.45, 2.75) is 0 Å². The van der Waals surface area contributed by atoms with E-state index in [0.29, 0.717) is 0 Å². The summed E-state index contributed by atoms with van der Waals surface area (Å²) < 4.78 is 0. The second-order valence-corrected chi connectivity index (χ2v) is 1.52. The molecule has 0 aromatic heterocycles. The molecule has 0 bridgehead atoms. The van der Waals surface area contributed by atoms with Gasteiger partial charge in [-0.2, -0.15) is 0 Å². The minimum absolute atomic E-state index is 0. The van der Waals surface area contributed by atoms with Crippen molar-refractivity contribution in [2.24, 2.45) is 0 Å². The number of aromatic hydroxyl groups is 2. The van der Waals surface area contributed by atoms with Gasteiger partial charge in [-0.05, 0) is 24.3 Å². The van der Waals surface area contributed by atoms with Crippen LogP contribution in [0.5, 0.6) is 11.5 Å². The Morgan fingerprint density at radius 1 is 0.889 bits per heavy atom. The second kappa shape index (κ2) is 4.17. The minimum Gasteiger partial charge on any atom is -1.00 e. The molecule has 1 aromatic carbocycles. The van der Waals surface area contributed by atoms with Gasteiger partial charge in [0.15, 0.2) is 0 Å². The molecule has 0 saturated carbocycles. The standard InChI is InChI=1S/C6H6O2.Sr.2H/c7-5-1-2-6(8)4-3-5;;;/h1-4,7-8H;;;/q;+2;2*-1. The fourth-order valence-electron chi connectivity index (χ4n) is 0.453. The topological polar surface area (TPSA) is 40.5 Å². The maximum Gasteiger partial charge on any atom is 2.00 e. The van der Waals surface area contributed by atoms with Crippen LogP contribution >= 0.6 is 0 Å². The van der Waals surface area contributed by atoms with E-state index in [0.717, 1.165) is 0 Å². The maximum atomic E-state index is 8.65. The first kappa shape index (κ1) is 9.30. The monoisotopic (exact) mass is 200 g/mol. The number of phenolic OH excluding ortho intramolecular Hbond substituents is 2. The summed E-state index contributed by atoms with van der Waals surface area (Å²) in [5, 5.41) is 17.3. The van der Waals surface area contributed by atoms with E-state index in [1.807, 2.05) is 0 Å². The van der Waals surface area contributed by atoms with Gasteiger partial charge in [-0.25, -0.2) is 0 Å². The summed E-state index contributed by atoms with van der Waals surface area (Å²) in [7, 11) is 0. The van der Waals surface area contributed by atoms with Gasteiger partial charge in [-0.15, -0.1) is 0 Å². The largest absolute Gasteiger partial charge is 2.00 e. The zero-order valence-corrected chi connectivity index (χ0v) is 8.39. The number of rotatable bonds is 0. The van der Waals surface area contributed by atoms with E-state index in [2.05, 4.69) is 0 Å². The van der Waals surface area contributed by atoms with Crippen LogP contribution in [0.1, 0.15) is 2.85 Å². The summed E-state index contributed by atoms with van der Waals surface area (Å²) in [6.07, 6.45) is 0. The van der Waals surface area contributed by atoms with Crippen molar-refractivity contribution in [2.75, 3.05) is 0 Å². The van der Waals surface area contributed by atoms with Crippen molar-refractivity contribution in [3.63, 3.8) is 0 Å². The van der Waals surface area contributed by atoms with Gasteiger partial charge in [0.1, 0.15) is 11.5 Å². The molecule has 1 aromatic rings. The molecule has 0 heterocycles. The van der Waals surface area contributed by atoms with Gasteiger partial charge < -0.3 is 13.1 Å². The van der Waals surface area contributed by atoms with Crippen LogP contribution < -0.4 is 0 Å². The Hall–Kier alpha value is 0.301. The summed E-state index contributed by atoms with van der Waals surface area (Å²) in [6.45, 7) is 0. The van der Waals surface area contributed by atoms with Crippen LogP contribution in [0.3, 0.4) is 0 Å². The minimum atomic E-state index is 0. The molecule has 0 atom stereocenters. The van der Waals surface area contributed by atoms with Gasteiger partial charge in [0.2, 0.25) is 0 Å². The summed E-state index contributed by atoms with van der Waals surface area (Å²) >= 11 is 0. The number of phenols is 2. The third-order valence-electron chi connectivity index (χ3n) is 0.850. The Labute approximate surface area is 93.4 Å². The van der Waals surface area contributed by atoms with Gasteiger partial charge >= 0.3 is 45.5 Å². The molecule has 0 aliphatic heterocycles. The molecule has 0 amide bonds. The first-order chi connectivity index (χ1) is 3.79. The predicted molar refractivity (Wildman–Crippen MR) is 37.7 cm³/mol. The Morgan fingerprint density at radius 3 is 1.33 bits per heavy atom. The third kappa shape index (κ3) is 3.11. The zero-order valence-electron chi connectivity index (χ0n) is 6.91. The van der Waals surface area contributed by atoms with Crippen LogP contribution in [0.2, 0.25) is 0 Å². The van der Waals surface area contributed by atoms with Crippen LogP contribution in [0.15, 0.2) is 24.3 Å². The molecule has 0 unspecified atom stereocenters. The molecule has 0 radical (unpaired) electrons. The summed E-state index contributed by atoms with van der Waals surface area (Å²) in [5.74, 6) is 0.339. The molecule has 0 saturated heterocycles. The average Bonchev–Trinajstić information content (AvgIpc) is 1.77. The average molecular weight is 200 g/mol. The molecule has 0 aliphatic rings. The summed E-state index contributed by atoms with van der Waals surface area (Å²) in [4.78, 5) is 0. The van der Waals surface area contributed by atoms with Crippen LogP contribution in [0, 0.1) is 0 Å². The Kier molecular flexibility index (Phi) is 4.31. The summed E-state index contributed by atoms with van der Waals surface area (Å²) in [6, 6.07) is 5.70. The Morgan fingerprint density at radius 2 is 1.11 bits per heavy atom. The van der Waals surface area contributed by atoms with E-state index in [-0.39, 0.29) is 59.8 Å². The molecule has 3 heteroatoms. The van der Waals surface area contributed by atoms with Crippen molar-refractivity contribution in [3.05, 3.63) is 24.3 Å². The molecule has 0 aliphatic carbocycles. The smallest absolute Gasteiger partial charge is 1.00 e. The van der Waals surface area contributed by atoms with Gasteiger partial charge in [0.05, 0.1) is 0 Å². The molecule has 0 spiro atoms. The van der Waals surface area contributed by atoms with E-state index < -0.39 is 0 Å². The molecular weight excluding hydrogens is 192 g/mol. The molecule has 2 N–H and O–H groups in total. The SMILES string of the molecule is Oc1ccc(O)cc1.[H-].[H-].[Sr+2]. The molecule has 0 fully saturated rings. The first-order valence-corrected chi connectivity index (χ1v) is 2.27. The quantitative estimate of drug-likeness (QED) is 0.483. The van der Waals surface area contributed by atoms with E-state index >= 15 is 0 Å². The number of hydrogen-bond acceptors (Lipinski definition) is 2. The van der Waals surface area contributed by atoms with Crippen LogP contribution in [-0.4, -0.2) is 55.7 Å². The fraction of sp³-hybridized carbons (Fsp3) is 0. The van der Waals surface area contributed by atoms with E-state index in [9.17, 15) is 0 Å². The molecule has 46 valence electrons. The van der Waals surface area contributed by atoms with E-state index in [1.165, 1.54) is 24.3 Å². The number of benzene rings is 1. The van der Waals surface area contributed by atoms with Crippen molar-refractivity contribution in [1.82, 2.24) is 0 Å². The summed E-state index contributed by atoms with van der Waals surface area (Å²) in [5.41, 5.74) is 0. The van der Waals surface area contributed by atoms with Crippen molar-refractivity contribution < 1.29 is 13.1 Å². The zero-order chi connectivity index (χ0) is 5.98. The van der Waals surface area contributed by atoms with Gasteiger partial charge in [-0.3, -0.25) is 0 Å². The van der Waals surface area contributed by atoms with Gasteiger partial charge in [0.25, 0.3) is 0 Å². The van der Waals surface area contributed by atoms with Gasteiger partial charge in [0, 0.05) is 0 Å². The Balaban J connectivity index is -0.000000213. The van der Waals surface area contributed by atoms with Crippen LogP contribution in [0.25, 0.3) is 0 Å². The van der Waals surface area contributed by atoms with Crippen LogP contribution in [-0.2, 0) is 0 Å². The predicted octanol–water partition coefficient (Wildman–Crippen LogP) is 0.942. The molecule has 9 heavy (non-hydrogen) atoms.